The minimum Gasteiger partial charge on any atom is -0.396 e. The number of rotatable bonds is 1. The number of hydrogen-bond donors (Lipinski definition) is 1. The first-order valence-corrected chi connectivity index (χ1v) is 4.77. The first-order chi connectivity index (χ1) is 5.50. The highest BCUT2D eigenvalue weighted by molar-refractivity contribution is 5.13. The molecule has 0 radical (unpaired) electrons. The van der Waals surface area contributed by atoms with Crippen molar-refractivity contribution in [3.8, 4) is 0 Å². The van der Waals surface area contributed by atoms with Crippen molar-refractivity contribution in [3.05, 3.63) is 11.6 Å². The maximum absolute atomic E-state index is 9.27. The van der Waals surface area contributed by atoms with Crippen molar-refractivity contribution in [2.45, 2.75) is 34.1 Å². The highest BCUT2D eigenvalue weighted by Crippen LogP contribution is 2.44. The molecule has 1 aliphatic carbocycles. The van der Waals surface area contributed by atoms with Crippen molar-refractivity contribution in [3.63, 3.8) is 0 Å². The molecular weight excluding hydrogens is 148 g/mol. The second-order valence-electron chi connectivity index (χ2n) is 4.64. The average Bonchev–Trinajstić information content (AvgIpc) is 1.98. The second-order valence-corrected chi connectivity index (χ2v) is 4.64. The Balaban J connectivity index is 2.91. The molecule has 2 atom stereocenters. The lowest BCUT2D eigenvalue weighted by molar-refractivity contribution is 0.0835. The lowest BCUT2D eigenvalue weighted by atomic mass is 9.63. The van der Waals surface area contributed by atoms with Gasteiger partial charge in [-0.25, -0.2) is 0 Å². The van der Waals surface area contributed by atoms with Crippen LogP contribution in [0.4, 0.5) is 0 Å². The molecule has 0 heterocycles. The van der Waals surface area contributed by atoms with Gasteiger partial charge in [0.1, 0.15) is 0 Å². The molecule has 0 saturated heterocycles. The maximum atomic E-state index is 9.27. The van der Waals surface area contributed by atoms with Gasteiger partial charge in [-0.05, 0) is 24.7 Å². The van der Waals surface area contributed by atoms with E-state index in [1.54, 1.807) is 0 Å². The molecule has 1 heteroatoms. The Morgan fingerprint density at radius 1 is 1.58 bits per heavy atom. The minimum absolute atomic E-state index is 0.258. The zero-order valence-corrected chi connectivity index (χ0v) is 8.59. The largest absolute Gasteiger partial charge is 0.396 e. The third-order valence-corrected chi connectivity index (χ3v) is 3.69. The van der Waals surface area contributed by atoms with Crippen LogP contribution in [0.5, 0.6) is 0 Å². The van der Waals surface area contributed by atoms with Crippen molar-refractivity contribution in [1.82, 2.24) is 0 Å². The third kappa shape index (κ3) is 1.42. The fourth-order valence-corrected chi connectivity index (χ4v) is 2.12. The Morgan fingerprint density at radius 2 is 2.17 bits per heavy atom. The first-order valence-electron chi connectivity index (χ1n) is 4.77. The Bertz CT molecular complexity index is 191. The minimum atomic E-state index is 0.258. The van der Waals surface area contributed by atoms with Gasteiger partial charge in [0, 0.05) is 5.92 Å². The molecule has 70 valence electrons. The van der Waals surface area contributed by atoms with Gasteiger partial charge in [0.2, 0.25) is 0 Å². The molecule has 2 unspecified atom stereocenters. The predicted octanol–water partition coefficient (Wildman–Crippen LogP) is 2.61. The summed E-state index contributed by atoms with van der Waals surface area (Å²) < 4.78 is 0. The van der Waals surface area contributed by atoms with Gasteiger partial charge < -0.3 is 5.11 Å². The van der Waals surface area contributed by atoms with E-state index in [1.807, 2.05) is 0 Å². The molecule has 0 fully saturated rings. The summed E-state index contributed by atoms with van der Waals surface area (Å²) >= 11 is 0. The molecule has 1 aliphatic rings. The Morgan fingerprint density at radius 3 is 2.58 bits per heavy atom. The summed E-state index contributed by atoms with van der Waals surface area (Å²) in [5, 5.41) is 9.27. The summed E-state index contributed by atoms with van der Waals surface area (Å²) in [7, 11) is 0. The SMILES string of the molecule is CC1=CCC(C)C(C)(C)C1CO. The van der Waals surface area contributed by atoms with Crippen LogP contribution in [-0.2, 0) is 0 Å². The monoisotopic (exact) mass is 168 g/mol. The molecule has 0 amide bonds. The molecule has 0 saturated carbocycles. The topological polar surface area (TPSA) is 20.2 Å². The number of aliphatic hydroxyl groups is 1. The van der Waals surface area contributed by atoms with Crippen LogP contribution < -0.4 is 0 Å². The molecule has 12 heavy (non-hydrogen) atoms. The van der Waals surface area contributed by atoms with E-state index >= 15 is 0 Å². The fourth-order valence-electron chi connectivity index (χ4n) is 2.12. The highest BCUT2D eigenvalue weighted by Gasteiger charge is 2.37. The van der Waals surface area contributed by atoms with Crippen LogP contribution in [0.25, 0.3) is 0 Å². The van der Waals surface area contributed by atoms with Crippen molar-refractivity contribution in [1.29, 1.82) is 0 Å². The summed E-state index contributed by atoms with van der Waals surface area (Å²) in [5.41, 5.74) is 1.62. The van der Waals surface area contributed by atoms with Gasteiger partial charge in [0.05, 0.1) is 6.61 Å². The molecule has 0 aliphatic heterocycles. The van der Waals surface area contributed by atoms with Gasteiger partial charge >= 0.3 is 0 Å². The quantitative estimate of drug-likeness (QED) is 0.597. The molecule has 0 aromatic carbocycles. The van der Waals surface area contributed by atoms with Crippen LogP contribution in [0.3, 0.4) is 0 Å². The molecule has 1 rings (SSSR count). The summed E-state index contributed by atoms with van der Waals surface area (Å²) in [4.78, 5) is 0. The van der Waals surface area contributed by atoms with Crippen molar-refractivity contribution < 1.29 is 5.11 Å². The summed E-state index contributed by atoms with van der Waals surface area (Å²) in [6.45, 7) is 9.21. The van der Waals surface area contributed by atoms with Gasteiger partial charge in [-0.15, -0.1) is 0 Å². The van der Waals surface area contributed by atoms with E-state index in [0.29, 0.717) is 18.4 Å². The van der Waals surface area contributed by atoms with Crippen LogP contribution in [0.2, 0.25) is 0 Å². The number of allylic oxidation sites excluding steroid dienone is 1. The van der Waals surface area contributed by atoms with Crippen molar-refractivity contribution in [2.75, 3.05) is 6.61 Å². The molecule has 0 bridgehead atoms. The second kappa shape index (κ2) is 3.21. The summed E-state index contributed by atoms with van der Waals surface area (Å²) in [5.74, 6) is 1.04. The lowest BCUT2D eigenvalue weighted by Gasteiger charge is -2.42. The summed E-state index contributed by atoms with van der Waals surface area (Å²) in [6.07, 6.45) is 3.44. The van der Waals surface area contributed by atoms with E-state index in [-0.39, 0.29) is 5.41 Å². The van der Waals surface area contributed by atoms with Gasteiger partial charge in [-0.1, -0.05) is 32.4 Å². The van der Waals surface area contributed by atoms with E-state index in [2.05, 4.69) is 33.8 Å². The first kappa shape index (κ1) is 9.79. The fraction of sp³-hybridized carbons (Fsp3) is 0.818. The van der Waals surface area contributed by atoms with Gasteiger partial charge in [-0.2, -0.15) is 0 Å². The molecule has 0 spiro atoms. The van der Waals surface area contributed by atoms with Crippen LogP contribution in [0, 0.1) is 17.3 Å². The zero-order chi connectivity index (χ0) is 9.35. The number of hydrogen-bond acceptors (Lipinski definition) is 1. The average molecular weight is 168 g/mol. The predicted molar refractivity (Wildman–Crippen MR) is 51.9 cm³/mol. The Labute approximate surface area is 75.5 Å². The third-order valence-electron chi connectivity index (χ3n) is 3.69. The van der Waals surface area contributed by atoms with Crippen LogP contribution in [-0.4, -0.2) is 11.7 Å². The highest BCUT2D eigenvalue weighted by atomic mass is 16.3. The Hall–Kier alpha value is -0.300. The van der Waals surface area contributed by atoms with E-state index in [1.165, 1.54) is 5.57 Å². The van der Waals surface area contributed by atoms with E-state index in [0.717, 1.165) is 6.42 Å². The summed E-state index contributed by atoms with van der Waals surface area (Å²) in [6, 6.07) is 0. The lowest BCUT2D eigenvalue weighted by Crippen LogP contribution is -2.36. The van der Waals surface area contributed by atoms with E-state index in [9.17, 15) is 5.11 Å². The normalized spacial score (nSPS) is 34.6. The molecule has 0 aromatic rings. The Kier molecular flexibility index (Phi) is 2.62. The van der Waals surface area contributed by atoms with Gasteiger partial charge in [0.25, 0.3) is 0 Å². The zero-order valence-electron chi connectivity index (χ0n) is 8.59. The number of aliphatic hydroxyl groups excluding tert-OH is 1. The van der Waals surface area contributed by atoms with E-state index in [4.69, 9.17) is 0 Å². The maximum Gasteiger partial charge on any atom is 0.0501 e. The molecular formula is C11H20O. The van der Waals surface area contributed by atoms with Gasteiger partial charge in [-0.3, -0.25) is 0 Å². The smallest absolute Gasteiger partial charge is 0.0501 e. The molecule has 1 N–H and O–H groups in total. The van der Waals surface area contributed by atoms with E-state index < -0.39 is 0 Å². The van der Waals surface area contributed by atoms with Crippen molar-refractivity contribution in [2.24, 2.45) is 17.3 Å². The molecule has 1 nitrogen and oxygen atoms in total. The van der Waals surface area contributed by atoms with Crippen LogP contribution >= 0.6 is 0 Å². The van der Waals surface area contributed by atoms with Gasteiger partial charge in [0.15, 0.2) is 0 Å². The van der Waals surface area contributed by atoms with Crippen molar-refractivity contribution >= 4 is 0 Å². The van der Waals surface area contributed by atoms with Crippen LogP contribution in [0.15, 0.2) is 11.6 Å². The standard InChI is InChI=1S/C11H20O/c1-8-5-6-9(2)11(3,4)10(8)7-12/h5,9-10,12H,6-7H2,1-4H3. The van der Waals surface area contributed by atoms with Crippen LogP contribution in [0.1, 0.15) is 34.1 Å². The molecule has 0 aromatic heterocycles.